The lowest BCUT2D eigenvalue weighted by atomic mass is 9.86. The first-order chi connectivity index (χ1) is 20.6. The number of aliphatic imine (C=N–C) groups is 2. The van der Waals surface area contributed by atoms with Crippen molar-refractivity contribution in [2.24, 2.45) is 15.4 Å². The minimum atomic E-state index is -4.53. The Kier molecular flexibility index (Phi) is 7.94. The second-order valence-electron chi connectivity index (χ2n) is 11.8. The smallest absolute Gasteiger partial charge is 0.422 e. The fourth-order valence-corrected chi connectivity index (χ4v) is 6.08. The molecule has 0 aromatic heterocycles. The number of nitrogens with one attached hydrogen (secondary N) is 3. The lowest BCUT2D eigenvalue weighted by molar-refractivity contribution is -0.156. The van der Waals surface area contributed by atoms with Gasteiger partial charge in [-0.2, -0.15) is 18.2 Å². The van der Waals surface area contributed by atoms with Gasteiger partial charge in [0.2, 0.25) is 11.7 Å². The molecule has 10 nitrogen and oxygen atoms in total. The number of rotatable bonds is 1. The first-order valence-electron chi connectivity index (χ1n) is 14.6. The predicted molar refractivity (Wildman–Crippen MR) is 156 cm³/mol. The van der Waals surface area contributed by atoms with Crippen LogP contribution in [0.4, 0.5) is 18.9 Å². The zero-order valence-corrected chi connectivity index (χ0v) is 24.0. The Balaban J connectivity index is 1.24. The number of ether oxygens (including phenoxy) is 2. The number of alkyl halides is 3. The van der Waals surface area contributed by atoms with Gasteiger partial charge in [-0.15, -0.1) is 0 Å². The molecule has 3 atom stereocenters. The lowest BCUT2D eigenvalue weighted by Gasteiger charge is -2.30. The van der Waals surface area contributed by atoms with Crippen molar-refractivity contribution in [3.05, 3.63) is 59.7 Å². The number of nitrogens with zero attached hydrogens (tertiary/aromatic N) is 4. The second-order valence-corrected chi connectivity index (χ2v) is 11.8. The van der Waals surface area contributed by atoms with E-state index in [0.29, 0.717) is 24.4 Å². The van der Waals surface area contributed by atoms with Crippen molar-refractivity contribution in [2.45, 2.75) is 44.7 Å². The molecule has 230 valence electrons. The molecule has 2 aromatic rings. The van der Waals surface area contributed by atoms with Crippen molar-refractivity contribution in [3.63, 3.8) is 0 Å². The van der Waals surface area contributed by atoms with E-state index >= 15 is 0 Å². The fourth-order valence-electron chi connectivity index (χ4n) is 6.08. The van der Waals surface area contributed by atoms with Gasteiger partial charge in [-0.25, -0.2) is 4.99 Å². The minimum absolute atomic E-state index is 0.00436. The van der Waals surface area contributed by atoms with Gasteiger partial charge >= 0.3 is 6.18 Å². The molecule has 43 heavy (non-hydrogen) atoms. The van der Waals surface area contributed by atoms with Crippen molar-refractivity contribution >= 4 is 23.6 Å². The van der Waals surface area contributed by atoms with Gasteiger partial charge in [-0.1, -0.05) is 12.1 Å². The van der Waals surface area contributed by atoms with Crippen LogP contribution in [0.5, 0.6) is 5.75 Å². The van der Waals surface area contributed by atoms with Crippen LogP contribution < -0.4 is 20.7 Å². The Labute approximate surface area is 248 Å². The highest BCUT2D eigenvalue weighted by Gasteiger charge is 2.44. The van der Waals surface area contributed by atoms with Gasteiger partial charge in [0.25, 0.3) is 11.9 Å². The first-order valence-corrected chi connectivity index (χ1v) is 14.6. The van der Waals surface area contributed by atoms with E-state index in [0.717, 1.165) is 63.3 Å². The first kappa shape index (κ1) is 29.2. The monoisotopic (exact) mass is 599 g/mol. The zero-order chi connectivity index (χ0) is 30.1. The average molecular weight is 600 g/mol. The summed E-state index contributed by atoms with van der Waals surface area (Å²) in [5.41, 5.74) is 2.24. The molecule has 1 spiro atoms. The topological polar surface area (TPSA) is 103 Å². The molecule has 9 rings (SSSR count). The van der Waals surface area contributed by atoms with Crippen LogP contribution in [-0.4, -0.2) is 85.6 Å². The molecule has 2 aromatic carbocycles. The van der Waals surface area contributed by atoms with Crippen LogP contribution >= 0.6 is 0 Å². The summed E-state index contributed by atoms with van der Waals surface area (Å²) in [5.74, 6) is -0.416. The van der Waals surface area contributed by atoms with Crippen LogP contribution in [-0.2, 0) is 11.3 Å². The minimum Gasteiger partial charge on any atom is -0.494 e. The van der Waals surface area contributed by atoms with Crippen LogP contribution in [0.15, 0.2) is 58.5 Å². The number of carbonyl (C=O) groups excluding carboxylic acids is 1. The van der Waals surface area contributed by atoms with Crippen molar-refractivity contribution in [3.8, 4) is 5.75 Å². The highest BCUT2D eigenvalue weighted by molar-refractivity contribution is 6.05. The molecule has 0 aliphatic carbocycles. The molecular weight excluding hydrogens is 563 g/mol. The highest BCUT2D eigenvalue weighted by atomic mass is 19.4. The summed E-state index contributed by atoms with van der Waals surface area (Å²) in [6, 6.07) is 14.3. The lowest BCUT2D eigenvalue weighted by Crippen LogP contribution is -2.51. The Morgan fingerprint density at radius 1 is 0.977 bits per heavy atom. The van der Waals surface area contributed by atoms with Crippen LogP contribution in [0.25, 0.3) is 0 Å². The van der Waals surface area contributed by atoms with Gasteiger partial charge in [-0.3, -0.25) is 15.4 Å². The molecule has 1 amide bonds. The van der Waals surface area contributed by atoms with Crippen LogP contribution in [0.1, 0.15) is 42.1 Å². The third kappa shape index (κ3) is 7.21. The summed E-state index contributed by atoms with van der Waals surface area (Å²) >= 11 is 0. The molecule has 7 aliphatic heterocycles. The maximum Gasteiger partial charge on any atom is 0.422 e. The second kappa shape index (κ2) is 11.7. The summed E-state index contributed by atoms with van der Waals surface area (Å²) in [5, 5.41) is 8.98. The standard InChI is InChI=1S/C30H36F3N7O3/c1-28-34-17-21-3-9-24(10-4-21)42-16-2-13-39-14-11-29(18-39)12-15-40(19-29)25(41)22-5-7-23(8-6-22)35-26(37-28)36-27(38-28)43-20-30(31,32)33/h3-10,34H,2,11-20H2,1H3,(H2,35,36,37,38). The number of hydrogen-bond donors (Lipinski definition) is 3. The number of hydrogen-bond acceptors (Lipinski definition) is 9. The quantitative estimate of drug-likeness (QED) is 0.459. The van der Waals surface area contributed by atoms with E-state index in [1.165, 1.54) is 0 Å². The summed E-state index contributed by atoms with van der Waals surface area (Å²) < 4.78 is 49.7. The van der Waals surface area contributed by atoms with E-state index < -0.39 is 18.6 Å². The van der Waals surface area contributed by atoms with E-state index in [2.05, 4.69) is 30.8 Å². The molecular formula is C30H36F3N7O3. The van der Waals surface area contributed by atoms with Crippen LogP contribution in [0.2, 0.25) is 0 Å². The summed E-state index contributed by atoms with van der Waals surface area (Å²) in [4.78, 5) is 26.6. The number of carbonyl (C=O) groups is 1. The number of guanidine groups is 1. The van der Waals surface area contributed by atoms with Crippen molar-refractivity contribution in [1.82, 2.24) is 20.4 Å². The maximum absolute atomic E-state index is 13.4. The van der Waals surface area contributed by atoms with Gasteiger partial charge in [0, 0.05) is 49.4 Å². The molecule has 2 fully saturated rings. The molecule has 0 saturated carbocycles. The zero-order valence-electron chi connectivity index (χ0n) is 24.0. The largest absolute Gasteiger partial charge is 0.494 e. The molecule has 13 heteroatoms. The average Bonchev–Trinajstić information content (AvgIpc) is 3.58. The molecule has 0 radical (unpaired) electrons. The third-order valence-electron chi connectivity index (χ3n) is 8.32. The van der Waals surface area contributed by atoms with E-state index in [9.17, 15) is 18.0 Å². The van der Waals surface area contributed by atoms with Crippen molar-refractivity contribution in [1.29, 1.82) is 0 Å². The van der Waals surface area contributed by atoms with Gasteiger partial charge in [-0.05, 0) is 74.7 Å². The van der Waals surface area contributed by atoms with Gasteiger partial charge in [0.05, 0.1) is 6.61 Å². The molecule has 7 aliphatic rings. The highest BCUT2D eigenvalue weighted by Crippen LogP contribution is 2.40. The normalized spacial score (nSPS) is 27.9. The van der Waals surface area contributed by atoms with Gasteiger partial charge in [0.15, 0.2) is 6.61 Å². The van der Waals surface area contributed by atoms with Crippen LogP contribution in [0.3, 0.4) is 0 Å². The SMILES string of the molecule is CC12N=C(NC(OCC(F)(F)F)=N1)Nc1ccc(cc1)C(=O)N1CCC3(CCN(CCCOc4ccc(cc4)CN2)C3)C1. The van der Waals surface area contributed by atoms with Crippen molar-refractivity contribution < 1.29 is 27.4 Å². The predicted octanol–water partition coefficient (Wildman–Crippen LogP) is 3.78. The Morgan fingerprint density at radius 3 is 2.51 bits per heavy atom. The maximum atomic E-state index is 13.4. The van der Waals surface area contributed by atoms with E-state index in [4.69, 9.17) is 9.47 Å². The Bertz CT molecular complexity index is 1380. The molecule has 2 saturated heterocycles. The molecule has 7 heterocycles. The molecule has 9 bridgehead atoms. The Morgan fingerprint density at radius 2 is 1.74 bits per heavy atom. The third-order valence-corrected chi connectivity index (χ3v) is 8.32. The van der Waals surface area contributed by atoms with Gasteiger partial charge in [0.1, 0.15) is 5.75 Å². The number of amides is 1. The number of amidine groups is 1. The molecule has 3 N–H and O–H groups in total. The van der Waals surface area contributed by atoms with E-state index in [-0.39, 0.29) is 23.3 Å². The number of halogens is 3. The molecule has 3 unspecified atom stereocenters. The summed E-state index contributed by atoms with van der Waals surface area (Å²) in [6.45, 7) is 5.55. The van der Waals surface area contributed by atoms with E-state index in [1.54, 1.807) is 31.2 Å². The summed E-state index contributed by atoms with van der Waals surface area (Å²) in [7, 11) is 0. The van der Waals surface area contributed by atoms with E-state index in [1.807, 2.05) is 29.2 Å². The number of benzene rings is 2. The van der Waals surface area contributed by atoms with Gasteiger partial charge < -0.3 is 24.6 Å². The van der Waals surface area contributed by atoms with Crippen LogP contribution in [0, 0.1) is 5.41 Å². The number of anilines is 1. The Hall–Kier alpha value is -3.84. The van der Waals surface area contributed by atoms with Crippen molar-refractivity contribution in [2.75, 3.05) is 51.3 Å². The summed E-state index contributed by atoms with van der Waals surface area (Å²) in [6.07, 6.45) is -1.54. The fraction of sp³-hybridized carbons (Fsp3) is 0.500.